The van der Waals surface area contributed by atoms with Crippen LogP contribution in [0, 0.1) is 5.41 Å². The molecule has 0 atom stereocenters. The number of carbonyl (C=O) groups is 1. The maximum Gasteiger partial charge on any atom is 0.347 e. The first-order valence-corrected chi connectivity index (χ1v) is 8.37. The molecule has 1 aromatic carbocycles. The van der Waals surface area contributed by atoms with E-state index in [1.165, 1.54) is 6.07 Å². The van der Waals surface area contributed by atoms with E-state index in [0.717, 1.165) is 18.2 Å². The summed E-state index contributed by atoms with van der Waals surface area (Å²) < 4.78 is 46.1. The summed E-state index contributed by atoms with van der Waals surface area (Å²) in [6.45, 7) is 0. The van der Waals surface area contributed by atoms with Gasteiger partial charge in [0.2, 0.25) is 16.0 Å². The van der Waals surface area contributed by atoms with Gasteiger partial charge in [-0.1, -0.05) is 6.07 Å². The highest BCUT2D eigenvalue weighted by Gasteiger charge is 2.22. The minimum Gasteiger partial charge on any atom is -0.368 e. The lowest BCUT2D eigenvalue weighted by atomic mass is 10.4. The van der Waals surface area contributed by atoms with Crippen LogP contribution in [0.5, 0.6) is 0 Å². The van der Waals surface area contributed by atoms with Crippen LogP contribution in [0.2, 0.25) is 0 Å². The van der Waals surface area contributed by atoms with Gasteiger partial charge in [0.05, 0.1) is 9.79 Å². The van der Waals surface area contributed by atoms with Gasteiger partial charge in [-0.25, -0.2) is 26.8 Å². The third-order valence-electron chi connectivity index (χ3n) is 2.08. The van der Waals surface area contributed by atoms with Crippen LogP contribution in [0.4, 0.5) is 0 Å². The average Bonchev–Trinajstić information content (AvgIpc) is 2.35. The van der Waals surface area contributed by atoms with Crippen LogP contribution in [0.3, 0.4) is 0 Å². The van der Waals surface area contributed by atoms with E-state index in [2.05, 4.69) is 4.84 Å². The molecule has 0 aliphatic carbocycles. The van der Waals surface area contributed by atoms with Gasteiger partial charge in [-0.15, -0.1) is 0 Å². The van der Waals surface area contributed by atoms with E-state index in [9.17, 15) is 21.6 Å². The zero-order valence-corrected chi connectivity index (χ0v) is 12.1. The van der Waals surface area contributed by atoms with Gasteiger partial charge < -0.3 is 10.6 Å². The normalized spacial score (nSPS) is 11.7. The summed E-state index contributed by atoms with van der Waals surface area (Å²) in [7, 11) is -8.21. The van der Waals surface area contributed by atoms with E-state index in [4.69, 9.17) is 16.3 Å². The first kappa shape index (κ1) is 16.9. The van der Waals surface area contributed by atoms with Crippen LogP contribution in [0.15, 0.2) is 34.1 Å². The number of hydrogen-bond acceptors (Lipinski definition) is 7. The van der Waals surface area contributed by atoms with Gasteiger partial charge in [-0.05, 0) is 18.2 Å². The van der Waals surface area contributed by atoms with Crippen molar-refractivity contribution in [1.29, 1.82) is 5.41 Å². The lowest BCUT2D eigenvalue weighted by Gasteiger charge is -2.07. The number of nitrogens with one attached hydrogen (secondary N) is 2. The topological polar surface area (TPSA) is 182 Å². The van der Waals surface area contributed by atoms with Gasteiger partial charge in [-0.3, -0.25) is 5.41 Å². The molecule has 0 bridgehead atoms. The fourth-order valence-corrected chi connectivity index (χ4v) is 2.99. The third-order valence-corrected chi connectivity index (χ3v) is 4.57. The Morgan fingerprint density at radius 1 is 1.24 bits per heavy atom. The first-order chi connectivity index (χ1) is 9.52. The summed E-state index contributed by atoms with van der Waals surface area (Å²) in [5, 5.41) is 11.6. The number of nitrogens with two attached hydrogens (primary N) is 2. The molecule has 0 amide bonds. The molecule has 0 aliphatic heterocycles. The third kappa shape index (κ3) is 5.02. The Hall–Kier alpha value is -2.18. The van der Waals surface area contributed by atoms with Crippen molar-refractivity contribution in [3.8, 4) is 0 Å². The molecule has 0 heterocycles. The minimum atomic E-state index is -4.14. The molecule has 0 radical (unpaired) electrons. The lowest BCUT2D eigenvalue weighted by Crippen LogP contribution is -2.34. The van der Waals surface area contributed by atoms with E-state index >= 15 is 0 Å². The Morgan fingerprint density at radius 3 is 2.33 bits per heavy atom. The number of sulfonamides is 1. The number of primary sulfonamides is 1. The molecule has 0 aromatic heterocycles. The van der Waals surface area contributed by atoms with Gasteiger partial charge in [-0.2, -0.15) is 5.48 Å². The molecule has 0 fully saturated rings. The smallest absolute Gasteiger partial charge is 0.347 e. The number of hydroxylamine groups is 1. The SMILES string of the molecule is N=C(N)NOC(=O)CS(=O)(=O)c1cccc(S(N)(=O)=O)c1. The Labute approximate surface area is 120 Å². The number of guanidine groups is 1. The van der Waals surface area contributed by atoms with E-state index in [1.54, 1.807) is 5.48 Å². The van der Waals surface area contributed by atoms with E-state index in [0.29, 0.717) is 0 Å². The van der Waals surface area contributed by atoms with Crippen LogP contribution in [0.25, 0.3) is 0 Å². The molecule has 21 heavy (non-hydrogen) atoms. The molecule has 116 valence electrons. The first-order valence-electron chi connectivity index (χ1n) is 5.18. The lowest BCUT2D eigenvalue weighted by molar-refractivity contribution is -0.144. The largest absolute Gasteiger partial charge is 0.368 e. The summed E-state index contributed by atoms with van der Waals surface area (Å²) >= 11 is 0. The molecule has 12 heteroatoms. The average molecular weight is 336 g/mol. The highest BCUT2D eigenvalue weighted by molar-refractivity contribution is 7.92. The predicted molar refractivity (Wildman–Crippen MR) is 71.0 cm³/mol. The number of carbonyl (C=O) groups excluding carboxylic acids is 1. The van der Waals surface area contributed by atoms with Gasteiger partial charge in [0, 0.05) is 0 Å². The van der Waals surface area contributed by atoms with E-state index < -0.39 is 47.3 Å². The minimum absolute atomic E-state index is 0.404. The Morgan fingerprint density at radius 2 is 1.81 bits per heavy atom. The fraction of sp³-hybridized carbons (Fsp3) is 0.111. The number of benzene rings is 1. The summed E-state index contributed by atoms with van der Waals surface area (Å²) in [5.41, 5.74) is 6.53. The quantitative estimate of drug-likeness (QED) is 0.278. The number of hydrogen-bond donors (Lipinski definition) is 4. The van der Waals surface area contributed by atoms with Crippen molar-refractivity contribution in [2.75, 3.05) is 5.75 Å². The van der Waals surface area contributed by atoms with Crippen molar-refractivity contribution in [3.63, 3.8) is 0 Å². The van der Waals surface area contributed by atoms with Crippen molar-refractivity contribution >= 4 is 31.8 Å². The van der Waals surface area contributed by atoms with Crippen LogP contribution in [-0.4, -0.2) is 34.5 Å². The van der Waals surface area contributed by atoms with Crippen LogP contribution >= 0.6 is 0 Å². The molecular weight excluding hydrogens is 324 g/mol. The molecule has 0 saturated carbocycles. The van der Waals surface area contributed by atoms with Crippen molar-refractivity contribution in [2.45, 2.75) is 9.79 Å². The molecule has 0 unspecified atom stereocenters. The second-order valence-corrected chi connectivity index (χ2v) is 7.32. The molecule has 0 saturated heterocycles. The van der Waals surface area contributed by atoms with Crippen molar-refractivity contribution in [2.24, 2.45) is 10.9 Å². The molecule has 1 rings (SSSR count). The van der Waals surface area contributed by atoms with Gasteiger partial charge in [0.1, 0.15) is 0 Å². The maximum atomic E-state index is 11.9. The van der Waals surface area contributed by atoms with Gasteiger partial charge >= 0.3 is 5.97 Å². The van der Waals surface area contributed by atoms with Gasteiger partial charge in [0.25, 0.3) is 0 Å². The molecule has 10 nitrogen and oxygen atoms in total. The monoisotopic (exact) mass is 336 g/mol. The van der Waals surface area contributed by atoms with Crippen LogP contribution in [-0.2, 0) is 29.5 Å². The maximum absolute atomic E-state index is 11.9. The van der Waals surface area contributed by atoms with E-state index in [-0.39, 0.29) is 0 Å². The summed E-state index contributed by atoms with van der Waals surface area (Å²) in [6.07, 6.45) is 0. The molecule has 1 aromatic rings. The van der Waals surface area contributed by atoms with Crippen LogP contribution < -0.4 is 16.4 Å². The fourth-order valence-electron chi connectivity index (χ4n) is 1.22. The van der Waals surface area contributed by atoms with Crippen LogP contribution in [0.1, 0.15) is 0 Å². The second kappa shape index (κ2) is 6.07. The highest BCUT2D eigenvalue weighted by Crippen LogP contribution is 2.16. The zero-order chi connectivity index (χ0) is 16.3. The second-order valence-electron chi connectivity index (χ2n) is 3.77. The number of sulfone groups is 1. The Kier molecular flexibility index (Phi) is 4.88. The molecule has 6 N–H and O–H groups in total. The zero-order valence-electron chi connectivity index (χ0n) is 10.4. The predicted octanol–water partition coefficient (Wildman–Crippen LogP) is -1.95. The standard InChI is InChI=1S/C9H12N4O6S2/c10-9(11)13-19-8(14)5-20(15,16)6-2-1-3-7(4-6)21(12,17)18/h1-4H,5H2,(H4,10,11,13)(H2,12,17,18). The van der Waals surface area contributed by atoms with Crippen molar-refractivity contribution in [1.82, 2.24) is 5.48 Å². The number of rotatable bonds is 4. The summed E-state index contributed by atoms with van der Waals surface area (Å²) in [4.78, 5) is 14.6. The molecule has 0 aliphatic rings. The van der Waals surface area contributed by atoms with Crippen molar-refractivity contribution < 1.29 is 26.5 Å². The summed E-state index contributed by atoms with van der Waals surface area (Å²) in [5.74, 6) is -2.97. The Bertz CT molecular complexity index is 771. The summed E-state index contributed by atoms with van der Waals surface area (Å²) in [6, 6.07) is 4.22. The Balaban J connectivity index is 2.99. The molecular formula is C9H12N4O6S2. The van der Waals surface area contributed by atoms with E-state index in [1.807, 2.05) is 0 Å². The van der Waals surface area contributed by atoms with Gasteiger partial charge in [0.15, 0.2) is 15.6 Å². The highest BCUT2D eigenvalue weighted by atomic mass is 32.2. The molecule has 0 spiro atoms. The van der Waals surface area contributed by atoms with Crippen molar-refractivity contribution in [3.05, 3.63) is 24.3 Å².